The number of aromatic nitrogens is 2. The Morgan fingerprint density at radius 1 is 1.20 bits per heavy atom. The molecule has 10 heteroatoms. The molecule has 0 spiro atoms. The first kappa shape index (κ1) is 19.4. The highest BCUT2D eigenvalue weighted by Crippen LogP contribution is 2.18. The van der Waals surface area contributed by atoms with Gasteiger partial charge in [-0.2, -0.15) is 5.10 Å². The molecule has 2 aromatic rings. The average molecular weight is 376 g/mol. The van der Waals surface area contributed by atoms with Crippen LogP contribution in [-0.2, 0) is 23.5 Å². The molecule has 2 rings (SSSR count). The highest BCUT2D eigenvalue weighted by atomic mass is 32.2. The maximum absolute atomic E-state index is 13.6. The summed E-state index contributed by atoms with van der Waals surface area (Å²) in [5.41, 5.74) is 6.48. The molecule has 0 bridgehead atoms. The Morgan fingerprint density at radius 3 is 2.36 bits per heavy atom. The third-order valence-electron chi connectivity index (χ3n) is 3.82. The van der Waals surface area contributed by atoms with Crippen molar-refractivity contribution in [3.05, 3.63) is 46.5 Å². The maximum atomic E-state index is 13.6. The standard InChI is InChI=1S/C15H19F3N4O2S/c1-8-15(9(2)22(3)21-8)25(23,24)20-7-11(19)4-10-5-13(17)14(18)6-12(10)16/h5-6,11,20H,4,7,19H2,1-3H3/t11-/m1/s1. The molecule has 138 valence electrons. The van der Waals surface area contributed by atoms with Gasteiger partial charge in [0.25, 0.3) is 0 Å². The fourth-order valence-corrected chi connectivity index (χ4v) is 4.04. The lowest BCUT2D eigenvalue weighted by molar-refractivity contribution is 0.486. The number of hydrogen-bond acceptors (Lipinski definition) is 4. The summed E-state index contributed by atoms with van der Waals surface area (Å²) in [6.45, 7) is 2.98. The van der Waals surface area contributed by atoms with Crippen molar-refractivity contribution in [1.82, 2.24) is 14.5 Å². The monoisotopic (exact) mass is 376 g/mol. The van der Waals surface area contributed by atoms with Crippen molar-refractivity contribution in [1.29, 1.82) is 0 Å². The van der Waals surface area contributed by atoms with Crippen LogP contribution in [0.25, 0.3) is 0 Å². The van der Waals surface area contributed by atoms with Crippen molar-refractivity contribution in [3.63, 3.8) is 0 Å². The van der Waals surface area contributed by atoms with E-state index in [-0.39, 0.29) is 23.4 Å². The number of sulfonamides is 1. The van der Waals surface area contributed by atoms with E-state index in [1.807, 2.05) is 0 Å². The Labute approximate surface area is 143 Å². The Hall–Kier alpha value is -1.91. The number of nitrogens with one attached hydrogen (secondary N) is 1. The second-order valence-corrected chi connectivity index (χ2v) is 7.50. The van der Waals surface area contributed by atoms with Gasteiger partial charge in [-0.1, -0.05) is 0 Å². The van der Waals surface area contributed by atoms with Gasteiger partial charge in [0, 0.05) is 25.7 Å². The molecule has 0 aliphatic rings. The summed E-state index contributed by atoms with van der Waals surface area (Å²) in [7, 11) is -2.23. The van der Waals surface area contributed by atoms with Crippen LogP contribution in [-0.4, -0.2) is 30.8 Å². The minimum Gasteiger partial charge on any atom is -0.326 e. The van der Waals surface area contributed by atoms with Crippen LogP contribution in [0.2, 0.25) is 0 Å². The molecule has 0 aliphatic heterocycles. The lowest BCUT2D eigenvalue weighted by Crippen LogP contribution is -2.39. The van der Waals surface area contributed by atoms with Crippen LogP contribution < -0.4 is 10.5 Å². The summed E-state index contributed by atoms with van der Waals surface area (Å²) in [6, 6.07) is 0.324. The number of hydrogen-bond donors (Lipinski definition) is 2. The zero-order valence-electron chi connectivity index (χ0n) is 14.0. The predicted molar refractivity (Wildman–Crippen MR) is 85.9 cm³/mol. The second kappa shape index (κ2) is 7.14. The first-order chi connectivity index (χ1) is 11.5. The van der Waals surface area contributed by atoms with E-state index >= 15 is 0 Å². The van der Waals surface area contributed by atoms with Crippen LogP contribution in [0.3, 0.4) is 0 Å². The lowest BCUT2D eigenvalue weighted by atomic mass is 10.1. The van der Waals surface area contributed by atoms with Gasteiger partial charge in [-0.05, 0) is 31.9 Å². The fourth-order valence-electron chi connectivity index (χ4n) is 2.51. The number of halogens is 3. The van der Waals surface area contributed by atoms with Gasteiger partial charge in [0.05, 0.1) is 11.4 Å². The average Bonchev–Trinajstić information content (AvgIpc) is 2.76. The van der Waals surface area contributed by atoms with Crippen molar-refractivity contribution < 1.29 is 21.6 Å². The SMILES string of the molecule is Cc1nn(C)c(C)c1S(=O)(=O)NC[C@H](N)Cc1cc(F)c(F)cc1F. The van der Waals surface area contributed by atoms with Crippen molar-refractivity contribution in [3.8, 4) is 0 Å². The normalized spacial score (nSPS) is 13.2. The number of rotatable bonds is 6. The first-order valence-electron chi connectivity index (χ1n) is 7.41. The highest BCUT2D eigenvalue weighted by Gasteiger charge is 2.24. The molecule has 1 aromatic carbocycles. The molecule has 0 saturated heterocycles. The van der Waals surface area contributed by atoms with Crippen molar-refractivity contribution in [2.75, 3.05) is 6.54 Å². The number of benzene rings is 1. The summed E-state index contributed by atoms with van der Waals surface area (Å²) in [5.74, 6) is -3.42. The fraction of sp³-hybridized carbons (Fsp3) is 0.400. The van der Waals surface area contributed by atoms with E-state index in [4.69, 9.17) is 5.73 Å². The van der Waals surface area contributed by atoms with Crippen LogP contribution in [0, 0.1) is 31.3 Å². The zero-order valence-corrected chi connectivity index (χ0v) is 14.8. The molecule has 0 saturated carbocycles. The van der Waals surface area contributed by atoms with E-state index in [1.165, 1.54) is 4.68 Å². The largest absolute Gasteiger partial charge is 0.326 e. The van der Waals surface area contributed by atoms with Crippen LogP contribution in [0.4, 0.5) is 13.2 Å². The van der Waals surface area contributed by atoms with Crippen molar-refractivity contribution in [2.24, 2.45) is 12.8 Å². The summed E-state index contributed by atoms with van der Waals surface area (Å²) < 4.78 is 68.3. The molecule has 3 N–H and O–H groups in total. The minimum absolute atomic E-state index is 0.0567. The van der Waals surface area contributed by atoms with Gasteiger partial charge in [-0.3, -0.25) is 4.68 Å². The lowest BCUT2D eigenvalue weighted by Gasteiger charge is -2.14. The second-order valence-electron chi connectivity index (χ2n) is 5.80. The van der Waals surface area contributed by atoms with E-state index in [1.54, 1.807) is 20.9 Å². The summed E-state index contributed by atoms with van der Waals surface area (Å²) in [6.07, 6.45) is -0.156. The molecule has 0 amide bonds. The third kappa shape index (κ3) is 4.20. The van der Waals surface area contributed by atoms with E-state index < -0.39 is 33.5 Å². The van der Waals surface area contributed by atoms with E-state index in [0.717, 1.165) is 0 Å². The molecular weight excluding hydrogens is 357 g/mol. The van der Waals surface area contributed by atoms with Crippen molar-refractivity contribution >= 4 is 10.0 Å². The van der Waals surface area contributed by atoms with E-state index in [9.17, 15) is 21.6 Å². The Morgan fingerprint density at radius 2 is 1.80 bits per heavy atom. The quantitative estimate of drug-likeness (QED) is 0.744. The molecule has 1 atom stereocenters. The third-order valence-corrected chi connectivity index (χ3v) is 5.49. The summed E-state index contributed by atoms with van der Waals surface area (Å²) >= 11 is 0. The van der Waals surface area contributed by atoms with E-state index in [0.29, 0.717) is 23.5 Å². The smallest absolute Gasteiger partial charge is 0.244 e. The van der Waals surface area contributed by atoms with Crippen LogP contribution >= 0.6 is 0 Å². The minimum atomic E-state index is -3.85. The molecule has 0 radical (unpaired) electrons. The van der Waals surface area contributed by atoms with Crippen molar-refractivity contribution in [2.45, 2.75) is 31.2 Å². The molecule has 6 nitrogen and oxygen atoms in total. The van der Waals surface area contributed by atoms with Gasteiger partial charge in [0.1, 0.15) is 10.7 Å². The van der Waals surface area contributed by atoms with Gasteiger partial charge in [-0.25, -0.2) is 26.3 Å². The van der Waals surface area contributed by atoms with Gasteiger partial charge in [0.2, 0.25) is 10.0 Å². The Balaban J connectivity index is 2.09. The van der Waals surface area contributed by atoms with Gasteiger partial charge >= 0.3 is 0 Å². The molecule has 25 heavy (non-hydrogen) atoms. The number of nitrogens with two attached hydrogens (primary N) is 1. The molecule has 0 aliphatic carbocycles. The number of nitrogens with zero attached hydrogens (tertiary/aromatic N) is 2. The molecule has 0 fully saturated rings. The number of aryl methyl sites for hydroxylation is 2. The van der Waals surface area contributed by atoms with E-state index in [2.05, 4.69) is 9.82 Å². The molecule has 1 aromatic heterocycles. The maximum Gasteiger partial charge on any atom is 0.244 e. The van der Waals surface area contributed by atoms with Crippen LogP contribution in [0.5, 0.6) is 0 Å². The summed E-state index contributed by atoms with van der Waals surface area (Å²) in [4.78, 5) is 0.0567. The highest BCUT2D eigenvalue weighted by molar-refractivity contribution is 7.89. The Bertz CT molecular complexity index is 897. The first-order valence-corrected chi connectivity index (χ1v) is 8.90. The van der Waals surface area contributed by atoms with Gasteiger partial charge in [0.15, 0.2) is 11.6 Å². The molecule has 0 unspecified atom stereocenters. The Kier molecular flexibility index (Phi) is 5.55. The van der Waals surface area contributed by atoms with Gasteiger partial charge in [-0.15, -0.1) is 0 Å². The van der Waals surface area contributed by atoms with Crippen LogP contribution in [0.1, 0.15) is 17.0 Å². The topological polar surface area (TPSA) is 90.0 Å². The van der Waals surface area contributed by atoms with Gasteiger partial charge < -0.3 is 5.73 Å². The molecule has 1 heterocycles. The predicted octanol–water partition coefficient (Wildman–Crippen LogP) is 1.30. The zero-order chi connectivity index (χ0) is 18.9. The molecular formula is C15H19F3N4O2S. The van der Waals surface area contributed by atoms with Crippen LogP contribution in [0.15, 0.2) is 17.0 Å². The summed E-state index contributed by atoms with van der Waals surface area (Å²) in [5, 5.41) is 4.04.